The van der Waals surface area contributed by atoms with Gasteiger partial charge in [0, 0.05) is 13.0 Å². The SMILES string of the molecule is COc1cc([C@H]2CCCN2)ccc1OC(C)=O.Cl. The van der Waals surface area contributed by atoms with E-state index in [1.165, 1.54) is 18.9 Å². The maximum Gasteiger partial charge on any atom is 0.308 e. The molecule has 1 atom stereocenters. The fourth-order valence-corrected chi connectivity index (χ4v) is 2.11. The Bertz CT molecular complexity index is 417. The van der Waals surface area contributed by atoms with Crippen LogP contribution in [0.25, 0.3) is 0 Å². The molecule has 1 heterocycles. The summed E-state index contributed by atoms with van der Waals surface area (Å²) >= 11 is 0. The van der Waals surface area contributed by atoms with E-state index in [0.29, 0.717) is 17.5 Å². The molecule has 0 aliphatic carbocycles. The van der Waals surface area contributed by atoms with Gasteiger partial charge in [0.1, 0.15) is 0 Å². The van der Waals surface area contributed by atoms with Crippen LogP contribution in [-0.4, -0.2) is 19.6 Å². The van der Waals surface area contributed by atoms with Crippen LogP contribution < -0.4 is 14.8 Å². The Morgan fingerprint density at radius 1 is 1.39 bits per heavy atom. The second-order valence-corrected chi connectivity index (χ2v) is 4.15. The van der Waals surface area contributed by atoms with Crippen molar-refractivity contribution in [1.82, 2.24) is 5.32 Å². The summed E-state index contributed by atoms with van der Waals surface area (Å²) in [5, 5.41) is 3.42. The predicted octanol–water partition coefficient (Wildman–Crippen LogP) is 2.47. The van der Waals surface area contributed by atoms with Crippen molar-refractivity contribution >= 4 is 18.4 Å². The lowest BCUT2D eigenvalue weighted by atomic mass is 10.0. The maximum absolute atomic E-state index is 10.9. The Hall–Kier alpha value is -1.26. The van der Waals surface area contributed by atoms with Crippen molar-refractivity contribution in [3.05, 3.63) is 23.8 Å². The normalized spacial score (nSPS) is 18.0. The molecule has 1 aromatic rings. The molecule has 0 amide bonds. The van der Waals surface area contributed by atoms with E-state index in [2.05, 4.69) is 5.32 Å². The number of hydrogen-bond acceptors (Lipinski definition) is 4. The van der Waals surface area contributed by atoms with Gasteiger partial charge in [-0.05, 0) is 37.1 Å². The molecule has 0 aromatic heterocycles. The fraction of sp³-hybridized carbons (Fsp3) is 0.462. The molecule has 0 saturated carbocycles. The summed E-state index contributed by atoms with van der Waals surface area (Å²) in [5.74, 6) is 0.739. The van der Waals surface area contributed by atoms with E-state index in [0.717, 1.165) is 13.0 Å². The van der Waals surface area contributed by atoms with Crippen molar-refractivity contribution in [3.8, 4) is 11.5 Å². The third kappa shape index (κ3) is 3.37. The number of hydrogen-bond donors (Lipinski definition) is 1. The minimum absolute atomic E-state index is 0. The Morgan fingerprint density at radius 2 is 2.17 bits per heavy atom. The highest BCUT2D eigenvalue weighted by molar-refractivity contribution is 5.85. The lowest BCUT2D eigenvalue weighted by Gasteiger charge is -2.14. The first-order chi connectivity index (χ1) is 8.20. The Morgan fingerprint density at radius 3 is 2.72 bits per heavy atom. The number of benzene rings is 1. The second-order valence-electron chi connectivity index (χ2n) is 4.15. The van der Waals surface area contributed by atoms with Gasteiger partial charge in [0.15, 0.2) is 11.5 Å². The Balaban J connectivity index is 0.00000162. The summed E-state index contributed by atoms with van der Waals surface area (Å²) in [6, 6.07) is 6.08. The van der Waals surface area contributed by atoms with Crippen molar-refractivity contribution in [1.29, 1.82) is 0 Å². The van der Waals surface area contributed by atoms with E-state index >= 15 is 0 Å². The second kappa shape index (κ2) is 6.61. The average Bonchev–Trinajstić information content (AvgIpc) is 2.82. The van der Waals surface area contributed by atoms with Crippen LogP contribution in [0.2, 0.25) is 0 Å². The highest BCUT2D eigenvalue weighted by atomic mass is 35.5. The molecule has 100 valence electrons. The molecule has 0 bridgehead atoms. The minimum atomic E-state index is -0.338. The van der Waals surface area contributed by atoms with Gasteiger partial charge in [0.25, 0.3) is 0 Å². The van der Waals surface area contributed by atoms with E-state index in [1.54, 1.807) is 13.2 Å². The Kier molecular flexibility index (Phi) is 5.44. The van der Waals surface area contributed by atoms with Gasteiger partial charge in [-0.1, -0.05) is 6.07 Å². The van der Waals surface area contributed by atoms with Gasteiger partial charge in [0.05, 0.1) is 7.11 Å². The van der Waals surface area contributed by atoms with Crippen molar-refractivity contribution in [2.75, 3.05) is 13.7 Å². The smallest absolute Gasteiger partial charge is 0.308 e. The molecule has 1 aliphatic rings. The zero-order chi connectivity index (χ0) is 12.3. The van der Waals surface area contributed by atoms with E-state index in [-0.39, 0.29) is 18.4 Å². The van der Waals surface area contributed by atoms with Crippen molar-refractivity contribution in [2.45, 2.75) is 25.8 Å². The molecule has 0 spiro atoms. The predicted molar refractivity (Wildman–Crippen MR) is 71.5 cm³/mol. The lowest BCUT2D eigenvalue weighted by molar-refractivity contribution is -0.132. The number of methoxy groups -OCH3 is 1. The van der Waals surface area contributed by atoms with E-state index in [1.807, 2.05) is 12.1 Å². The van der Waals surface area contributed by atoms with Crippen molar-refractivity contribution in [3.63, 3.8) is 0 Å². The standard InChI is InChI=1S/C13H17NO3.ClH/c1-9(15)17-12-6-5-10(8-13(12)16-2)11-4-3-7-14-11;/h5-6,8,11,14H,3-4,7H2,1-2H3;1H/t11-;/m1./s1. The fourth-order valence-electron chi connectivity index (χ4n) is 2.11. The number of carbonyl (C=O) groups is 1. The highest BCUT2D eigenvalue weighted by Gasteiger charge is 2.18. The number of rotatable bonds is 3. The summed E-state index contributed by atoms with van der Waals surface area (Å²) in [6.45, 7) is 2.44. The van der Waals surface area contributed by atoms with Gasteiger partial charge < -0.3 is 14.8 Å². The van der Waals surface area contributed by atoms with E-state index < -0.39 is 0 Å². The molecule has 1 aliphatic heterocycles. The molecule has 1 saturated heterocycles. The van der Waals surface area contributed by atoms with Gasteiger partial charge in [0.2, 0.25) is 0 Å². The van der Waals surface area contributed by atoms with Gasteiger partial charge in [-0.2, -0.15) is 0 Å². The molecule has 5 heteroatoms. The van der Waals surface area contributed by atoms with Crippen LogP contribution in [-0.2, 0) is 4.79 Å². The van der Waals surface area contributed by atoms with Crippen LogP contribution in [0, 0.1) is 0 Å². The number of nitrogens with one attached hydrogen (secondary N) is 1. The summed E-state index contributed by atoms with van der Waals surface area (Å²) < 4.78 is 10.3. The van der Waals surface area contributed by atoms with Crippen LogP contribution in [0.4, 0.5) is 0 Å². The molecule has 0 unspecified atom stereocenters. The summed E-state index contributed by atoms with van der Waals surface area (Å²) in [5.41, 5.74) is 1.18. The molecule has 1 N–H and O–H groups in total. The molecular formula is C13H18ClNO3. The number of carbonyl (C=O) groups excluding carboxylic acids is 1. The highest BCUT2D eigenvalue weighted by Crippen LogP contribution is 2.32. The maximum atomic E-state index is 10.9. The van der Waals surface area contributed by atoms with Crippen LogP contribution in [0.15, 0.2) is 18.2 Å². The molecule has 1 fully saturated rings. The summed E-state index contributed by atoms with van der Waals surface area (Å²) in [7, 11) is 1.58. The first-order valence-corrected chi connectivity index (χ1v) is 5.80. The molecule has 0 radical (unpaired) electrons. The first-order valence-electron chi connectivity index (χ1n) is 5.80. The molecular weight excluding hydrogens is 254 g/mol. The van der Waals surface area contributed by atoms with Crippen LogP contribution in [0.3, 0.4) is 0 Å². The third-order valence-corrected chi connectivity index (χ3v) is 2.90. The molecule has 18 heavy (non-hydrogen) atoms. The first kappa shape index (κ1) is 14.8. The Labute approximate surface area is 113 Å². The zero-order valence-electron chi connectivity index (χ0n) is 10.6. The van der Waals surface area contributed by atoms with Gasteiger partial charge in [-0.15, -0.1) is 12.4 Å². The van der Waals surface area contributed by atoms with Crippen LogP contribution in [0.5, 0.6) is 11.5 Å². The molecule has 2 rings (SSSR count). The van der Waals surface area contributed by atoms with Gasteiger partial charge >= 0.3 is 5.97 Å². The van der Waals surface area contributed by atoms with E-state index in [9.17, 15) is 4.79 Å². The lowest BCUT2D eigenvalue weighted by Crippen LogP contribution is -2.13. The summed E-state index contributed by atoms with van der Waals surface area (Å²) in [4.78, 5) is 10.9. The number of ether oxygens (including phenoxy) is 2. The largest absolute Gasteiger partial charge is 0.493 e. The van der Waals surface area contributed by atoms with Gasteiger partial charge in [-0.25, -0.2) is 0 Å². The van der Waals surface area contributed by atoms with E-state index in [4.69, 9.17) is 9.47 Å². The molecule has 1 aromatic carbocycles. The van der Waals surface area contributed by atoms with Crippen LogP contribution >= 0.6 is 12.4 Å². The van der Waals surface area contributed by atoms with Gasteiger partial charge in [-0.3, -0.25) is 4.79 Å². The quantitative estimate of drug-likeness (QED) is 0.678. The molecule has 4 nitrogen and oxygen atoms in total. The zero-order valence-corrected chi connectivity index (χ0v) is 11.4. The number of halogens is 1. The average molecular weight is 272 g/mol. The monoisotopic (exact) mass is 271 g/mol. The van der Waals surface area contributed by atoms with Crippen molar-refractivity contribution in [2.24, 2.45) is 0 Å². The van der Waals surface area contributed by atoms with Crippen molar-refractivity contribution < 1.29 is 14.3 Å². The topological polar surface area (TPSA) is 47.6 Å². The van der Waals surface area contributed by atoms with Crippen LogP contribution in [0.1, 0.15) is 31.4 Å². The third-order valence-electron chi connectivity index (χ3n) is 2.90. The minimum Gasteiger partial charge on any atom is -0.493 e. The number of esters is 1. The summed E-state index contributed by atoms with van der Waals surface area (Å²) in [6.07, 6.45) is 2.33.